The van der Waals surface area contributed by atoms with Crippen LogP contribution in [0.3, 0.4) is 0 Å². The molecule has 0 bridgehead atoms. The number of hydrogen-bond acceptors (Lipinski definition) is 1. The first-order chi connectivity index (χ1) is 8.97. The van der Waals surface area contributed by atoms with Crippen LogP contribution in [0, 0.1) is 6.92 Å². The van der Waals surface area contributed by atoms with E-state index >= 15 is 0 Å². The second-order valence-corrected chi connectivity index (χ2v) is 5.74. The van der Waals surface area contributed by atoms with E-state index in [0.29, 0.717) is 21.3 Å². The molecule has 2 nitrogen and oxygen atoms in total. The van der Waals surface area contributed by atoms with Crippen LogP contribution in [0.4, 0.5) is 5.69 Å². The standard InChI is InChI=1S/C14H10BrCl2NO/c1-8-5-11(15)13(7-12(8)17)18-14(19)9-3-2-4-10(16)6-9/h2-7H,1H3,(H,18,19). The van der Waals surface area contributed by atoms with E-state index in [9.17, 15) is 4.79 Å². The molecule has 1 amide bonds. The Morgan fingerprint density at radius 3 is 2.63 bits per heavy atom. The summed E-state index contributed by atoms with van der Waals surface area (Å²) in [5.74, 6) is -0.233. The molecule has 0 heterocycles. The molecule has 0 aliphatic heterocycles. The number of rotatable bonds is 2. The fourth-order valence-corrected chi connectivity index (χ4v) is 2.48. The molecule has 0 atom stereocenters. The minimum absolute atomic E-state index is 0.233. The van der Waals surface area contributed by atoms with Gasteiger partial charge in [0, 0.05) is 20.1 Å². The minimum atomic E-state index is -0.233. The second kappa shape index (κ2) is 5.95. The van der Waals surface area contributed by atoms with Gasteiger partial charge in [-0.15, -0.1) is 0 Å². The fourth-order valence-electron chi connectivity index (χ4n) is 1.57. The highest BCUT2D eigenvalue weighted by molar-refractivity contribution is 9.10. The van der Waals surface area contributed by atoms with Gasteiger partial charge in [-0.3, -0.25) is 4.79 Å². The number of carbonyl (C=O) groups excluding carboxylic acids is 1. The Morgan fingerprint density at radius 1 is 1.21 bits per heavy atom. The molecule has 19 heavy (non-hydrogen) atoms. The molecule has 0 saturated carbocycles. The van der Waals surface area contributed by atoms with Crippen LogP contribution >= 0.6 is 39.1 Å². The van der Waals surface area contributed by atoms with Crippen LogP contribution in [-0.2, 0) is 0 Å². The summed E-state index contributed by atoms with van der Waals surface area (Å²) in [7, 11) is 0. The monoisotopic (exact) mass is 357 g/mol. The van der Waals surface area contributed by atoms with Crippen molar-refractivity contribution >= 4 is 50.7 Å². The number of nitrogens with one attached hydrogen (secondary N) is 1. The van der Waals surface area contributed by atoms with Crippen LogP contribution < -0.4 is 5.32 Å². The van der Waals surface area contributed by atoms with Crippen LogP contribution in [0.25, 0.3) is 0 Å². The average Bonchev–Trinajstić information content (AvgIpc) is 2.36. The summed E-state index contributed by atoms with van der Waals surface area (Å²) in [5.41, 5.74) is 2.06. The maximum absolute atomic E-state index is 12.1. The summed E-state index contributed by atoms with van der Waals surface area (Å²) in [4.78, 5) is 12.1. The number of anilines is 1. The van der Waals surface area contributed by atoms with Gasteiger partial charge in [-0.2, -0.15) is 0 Å². The first kappa shape index (κ1) is 14.4. The van der Waals surface area contributed by atoms with Crippen molar-refractivity contribution in [3.63, 3.8) is 0 Å². The van der Waals surface area contributed by atoms with Crippen molar-refractivity contribution in [2.75, 3.05) is 5.32 Å². The molecule has 0 saturated heterocycles. The van der Waals surface area contributed by atoms with Crippen molar-refractivity contribution in [1.82, 2.24) is 0 Å². The zero-order chi connectivity index (χ0) is 14.0. The Kier molecular flexibility index (Phi) is 4.50. The van der Waals surface area contributed by atoms with Gasteiger partial charge in [0.25, 0.3) is 5.91 Å². The van der Waals surface area contributed by atoms with E-state index in [1.54, 1.807) is 30.3 Å². The molecule has 0 aromatic heterocycles. The zero-order valence-corrected chi connectivity index (χ0v) is 13.1. The van der Waals surface area contributed by atoms with E-state index in [1.165, 1.54) is 0 Å². The molecule has 2 aromatic carbocycles. The lowest BCUT2D eigenvalue weighted by molar-refractivity contribution is 0.102. The van der Waals surface area contributed by atoms with Crippen molar-refractivity contribution in [1.29, 1.82) is 0 Å². The minimum Gasteiger partial charge on any atom is -0.321 e. The van der Waals surface area contributed by atoms with Gasteiger partial charge in [0.1, 0.15) is 0 Å². The normalized spacial score (nSPS) is 10.3. The van der Waals surface area contributed by atoms with Crippen molar-refractivity contribution in [2.45, 2.75) is 6.92 Å². The highest BCUT2D eigenvalue weighted by Crippen LogP contribution is 2.29. The van der Waals surface area contributed by atoms with E-state index in [4.69, 9.17) is 23.2 Å². The number of hydrogen-bond donors (Lipinski definition) is 1. The molecule has 0 unspecified atom stereocenters. The summed E-state index contributed by atoms with van der Waals surface area (Å²) < 4.78 is 0.782. The van der Waals surface area contributed by atoms with Crippen LogP contribution in [0.2, 0.25) is 10.0 Å². The smallest absolute Gasteiger partial charge is 0.255 e. The Balaban J connectivity index is 2.27. The highest BCUT2D eigenvalue weighted by Gasteiger charge is 2.10. The van der Waals surface area contributed by atoms with E-state index in [0.717, 1.165) is 10.0 Å². The maximum atomic E-state index is 12.1. The molecule has 0 fully saturated rings. The molecule has 0 radical (unpaired) electrons. The molecule has 0 spiro atoms. The zero-order valence-electron chi connectivity index (χ0n) is 10.0. The van der Waals surface area contributed by atoms with Gasteiger partial charge in [0.15, 0.2) is 0 Å². The van der Waals surface area contributed by atoms with E-state index < -0.39 is 0 Å². The van der Waals surface area contributed by atoms with Gasteiger partial charge in [0.2, 0.25) is 0 Å². The first-order valence-corrected chi connectivity index (χ1v) is 7.05. The quantitative estimate of drug-likeness (QED) is 0.773. The number of halogens is 3. The fraction of sp³-hybridized carbons (Fsp3) is 0.0714. The topological polar surface area (TPSA) is 29.1 Å². The third kappa shape index (κ3) is 3.50. The van der Waals surface area contributed by atoms with Gasteiger partial charge in [-0.05, 0) is 58.7 Å². The molecule has 1 N–H and O–H groups in total. The van der Waals surface area contributed by atoms with Gasteiger partial charge >= 0.3 is 0 Å². The summed E-state index contributed by atoms with van der Waals surface area (Å²) in [6.07, 6.45) is 0. The van der Waals surface area contributed by atoms with Gasteiger partial charge in [-0.1, -0.05) is 29.3 Å². The second-order valence-electron chi connectivity index (χ2n) is 4.05. The number of amides is 1. The van der Waals surface area contributed by atoms with Crippen molar-refractivity contribution in [3.8, 4) is 0 Å². The largest absolute Gasteiger partial charge is 0.321 e. The lowest BCUT2D eigenvalue weighted by Gasteiger charge is -2.09. The summed E-state index contributed by atoms with van der Waals surface area (Å²) in [5, 5.41) is 3.92. The molecular formula is C14H10BrCl2NO. The van der Waals surface area contributed by atoms with E-state index in [1.807, 2.05) is 13.0 Å². The number of benzene rings is 2. The van der Waals surface area contributed by atoms with E-state index in [-0.39, 0.29) is 5.91 Å². The van der Waals surface area contributed by atoms with Crippen LogP contribution in [0.5, 0.6) is 0 Å². The Labute approximate surface area is 129 Å². The van der Waals surface area contributed by atoms with Crippen LogP contribution in [-0.4, -0.2) is 5.91 Å². The molecule has 0 aliphatic carbocycles. The predicted octanol–water partition coefficient (Wildman–Crippen LogP) is 5.32. The summed E-state index contributed by atoms with van der Waals surface area (Å²) in [6, 6.07) is 10.3. The molecule has 2 rings (SSSR count). The van der Waals surface area contributed by atoms with Crippen molar-refractivity contribution in [2.24, 2.45) is 0 Å². The van der Waals surface area contributed by atoms with Crippen LogP contribution in [0.15, 0.2) is 40.9 Å². The van der Waals surface area contributed by atoms with Crippen molar-refractivity contribution in [3.05, 3.63) is 62.0 Å². The summed E-state index contributed by atoms with van der Waals surface area (Å²) >= 11 is 15.3. The highest BCUT2D eigenvalue weighted by atomic mass is 79.9. The van der Waals surface area contributed by atoms with E-state index in [2.05, 4.69) is 21.2 Å². The molecule has 5 heteroatoms. The molecule has 98 valence electrons. The molecule has 0 aliphatic rings. The van der Waals surface area contributed by atoms with Gasteiger partial charge < -0.3 is 5.32 Å². The van der Waals surface area contributed by atoms with Gasteiger partial charge in [0.05, 0.1) is 5.69 Å². The van der Waals surface area contributed by atoms with Crippen LogP contribution in [0.1, 0.15) is 15.9 Å². The lowest BCUT2D eigenvalue weighted by Crippen LogP contribution is -2.12. The number of carbonyl (C=O) groups is 1. The summed E-state index contributed by atoms with van der Waals surface area (Å²) in [6.45, 7) is 1.90. The average molecular weight is 359 g/mol. The predicted molar refractivity (Wildman–Crippen MR) is 83.3 cm³/mol. The molecular weight excluding hydrogens is 349 g/mol. The third-order valence-corrected chi connectivity index (χ3v) is 3.88. The SMILES string of the molecule is Cc1cc(Br)c(NC(=O)c2cccc(Cl)c2)cc1Cl. The maximum Gasteiger partial charge on any atom is 0.255 e. The van der Waals surface area contributed by atoms with Gasteiger partial charge in [-0.25, -0.2) is 0 Å². The Morgan fingerprint density at radius 2 is 1.95 bits per heavy atom. The lowest BCUT2D eigenvalue weighted by atomic mass is 10.2. The first-order valence-electron chi connectivity index (χ1n) is 5.50. The Hall–Kier alpha value is -1.03. The Bertz CT molecular complexity index is 643. The third-order valence-electron chi connectivity index (χ3n) is 2.58. The number of aryl methyl sites for hydroxylation is 1. The van der Waals surface area contributed by atoms with Crippen molar-refractivity contribution < 1.29 is 4.79 Å². The molecule has 2 aromatic rings.